The van der Waals surface area contributed by atoms with Crippen molar-refractivity contribution in [3.8, 4) is 0 Å². The maximum absolute atomic E-state index is 12.4. The molecule has 21 heavy (non-hydrogen) atoms. The topological polar surface area (TPSA) is 75.4 Å². The fourth-order valence-electron chi connectivity index (χ4n) is 2.00. The lowest BCUT2D eigenvalue weighted by atomic mass is 10.1. The number of anilines is 1. The van der Waals surface area contributed by atoms with E-state index in [-0.39, 0.29) is 4.90 Å². The van der Waals surface area contributed by atoms with Crippen molar-refractivity contribution < 1.29 is 8.42 Å². The van der Waals surface area contributed by atoms with E-state index in [9.17, 15) is 8.42 Å². The van der Waals surface area contributed by atoms with Crippen LogP contribution in [-0.2, 0) is 10.0 Å². The Morgan fingerprint density at radius 3 is 2.48 bits per heavy atom. The van der Waals surface area contributed by atoms with Crippen molar-refractivity contribution in [3.05, 3.63) is 23.3 Å². The van der Waals surface area contributed by atoms with Gasteiger partial charge < -0.3 is 10.6 Å². The monoisotopic (exact) mass is 313 g/mol. The van der Waals surface area contributed by atoms with E-state index in [4.69, 9.17) is 5.73 Å². The van der Waals surface area contributed by atoms with Crippen molar-refractivity contribution in [2.24, 2.45) is 0 Å². The van der Waals surface area contributed by atoms with Crippen LogP contribution in [0.5, 0.6) is 0 Å². The second kappa shape index (κ2) is 7.24. The van der Waals surface area contributed by atoms with E-state index in [2.05, 4.69) is 23.5 Å². The predicted octanol–water partition coefficient (Wildman–Crippen LogP) is 1.89. The molecule has 0 amide bonds. The molecule has 3 N–H and O–H groups in total. The van der Waals surface area contributed by atoms with Crippen LogP contribution in [0.3, 0.4) is 0 Å². The Labute approximate surface area is 128 Å². The predicted molar refractivity (Wildman–Crippen MR) is 87.9 cm³/mol. The first-order valence-electron chi connectivity index (χ1n) is 7.21. The number of hydrogen-bond acceptors (Lipinski definition) is 4. The van der Waals surface area contributed by atoms with Gasteiger partial charge in [-0.1, -0.05) is 0 Å². The Balaban J connectivity index is 2.71. The summed E-state index contributed by atoms with van der Waals surface area (Å²) in [7, 11) is -1.47. The molecule has 0 fully saturated rings. The van der Waals surface area contributed by atoms with Crippen LogP contribution in [0, 0.1) is 13.8 Å². The van der Waals surface area contributed by atoms with Crippen LogP contribution in [0.1, 0.15) is 31.4 Å². The second-order valence-electron chi connectivity index (χ2n) is 5.79. The Kier molecular flexibility index (Phi) is 6.19. The molecule has 0 spiro atoms. The summed E-state index contributed by atoms with van der Waals surface area (Å²) in [5, 5.41) is 0. The van der Waals surface area contributed by atoms with Crippen LogP contribution < -0.4 is 10.5 Å². The van der Waals surface area contributed by atoms with Crippen LogP contribution in [0.2, 0.25) is 0 Å². The van der Waals surface area contributed by atoms with Gasteiger partial charge in [-0.05, 0) is 71.0 Å². The highest BCUT2D eigenvalue weighted by Gasteiger charge is 2.18. The Hall–Kier alpha value is -1.11. The van der Waals surface area contributed by atoms with E-state index in [1.54, 1.807) is 13.0 Å². The lowest BCUT2D eigenvalue weighted by Gasteiger charge is -2.20. The maximum Gasteiger partial charge on any atom is 0.240 e. The Morgan fingerprint density at radius 2 is 1.90 bits per heavy atom. The van der Waals surface area contributed by atoms with Crippen molar-refractivity contribution in [2.75, 3.05) is 25.9 Å². The van der Waals surface area contributed by atoms with Crippen molar-refractivity contribution in [2.45, 2.75) is 45.1 Å². The van der Waals surface area contributed by atoms with Gasteiger partial charge in [-0.2, -0.15) is 0 Å². The molecule has 0 radical (unpaired) electrons. The first kappa shape index (κ1) is 17.9. The molecule has 0 aliphatic rings. The van der Waals surface area contributed by atoms with Gasteiger partial charge in [0.15, 0.2) is 0 Å². The average molecular weight is 313 g/mol. The highest BCUT2D eigenvalue weighted by atomic mass is 32.2. The molecule has 120 valence electrons. The van der Waals surface area contributed by atoms with Gasteiger partial charge in [0.25, 0.3) is 0 Å². The molecule has 0 aliphatic carbocycles. The maximum atomic E-state index is 12.4. The van der Waals surface area contributed by atoms with Crippen molar-refractivity contribution in [1.82, 2.24) is 9.62 Å². The fourth-order valence-corrected chi connectivity index (χ4v) is 3.43. The summed E-state index contributed by atoms with van der Waals surface area (Å²) >= 11 is 0. The zero-order valence-electron chi connectivity index (χ0n) is 13.6. The third-order valence-corrected chi connectivity index (χ3v) is 5.38. The first-order valence-corrected chi connectivity index (χ1v) is 8.70. The van der Waals surface area contributed by atoms with Gasteiger partial charge in [0.2, 0.25) is 10.0 Å². The second-order valence-corrected chi connectivity index (χ2v) is 7.52. The molecule has 0 aromatic heterocycles. The fraction of sp³-hybridized carbons (Fsp3) is 0.600. The normalized spacial score (nSPS) is 12.3. The standard InChI is InChI=1S/C15H27N3O2S/c1-11(2)18(5)8-6-7-17-21(19,20)15-10-14(16)9-12(3)13(15)4/h9-11,17H,6-8,16H2,1-5H3. The molecule has 0 saturated heterocycles. The van der Waals surface area contributed by atoms with Gasteiger partial charge in [0, 0.05) is 18.3 Å². The highest BCUT2D eigenvalue weighted by molar-refractivity contribution is 7.89. The van der Waals surface area contributed by atoms with Crippen molar-refractivity contribution in [3.63, 3.8) is 0 Å². The molecule has 1 aromatic rings. The number of sulfonamides is 1. The smallest absolute Gasteiger partial charge is 0.240 e. The summed E-state index contributed by atoms with van der Waals surface area (Å²) in [6.07, 6.45) is 0.772. The number of rotatable bonds is 7. The molecule has 1 aromatic carbocycles. The van der Waals surface area contributed by atoms with Gasteiger partial charge in [-0.3, -0.25) is 0 Å². The minimum atomic E-state index is -3.50. The Bertz CT molecular complexity index is 583. The summed E-state index contributed by atoms with van der Waals surface area (Å²) in [6, 6.07) is 3.76. The van der Waals surface area contributed by atoms with Gasteiger partial charge in [-0.25, -0.2) is 13.1 Å². The molecule has 0 saturated carbocycles. The molecular weight excluding hydrogens is 286 g/mol. The number of hydrogen-bond donors (Lipinski definition) is 2. The quantitative estimate of drug-likeness (QED) is 0.595. The lowest BCUT2D eigenvalue weighted by Crippen LogP contribution is -2.31. The van der Waals surface area contributed by atoms with Crippen LogP contribution in [0.4, 0.5) is 5.69 Å². The third-order valence-electron chi connectivity index (χ3n) is 3.79. The molecule has 0 unspecified atom stereocenters. The van der Waals surface area contributed by atoms with Crippen LogP contribution >= 0.6 is 0 Å². The number of benzene rings is 1. The summed E-state index contributed by atoms with van der Waals surface area (Å²) in [5.74, 6) is 0. The van der Waals surface area contributed by atoms with E-state index in [0.29, 0.717) is 18.3 Å². The van der Waals surface area contributed by atoms with Gasteiger partial charge >= 0.3 is 0 Å². The summed E-state index contributed by atoms with van der Waals surface area (Å²) < 4.78 is 27.4. The average Bonchev–Trinajstić information content (AvgIpc) is 2.38. The van der Waals surface area contributed by atoms with E-state index in [1.165, 1.54) is 6.07 Å². The van der Waals surface area contributed by atoms with E-state index >= 15 is 0 Å². The zero-order valence-corrected chi connectivity index (χ0v) is 14.4. The summed E-state index contributed by atoms with van der Waals surface area (Å²) in [6.45, 7) is 9.17. The molecule has 0 atom stereocenters. The first-order chi connectivity index (χ1) is 9.65. The molecule has 6 heteroatoms. The molecule has 5 nitrogen and oxygen atoms in total. The SMILES string of the molecule is Cc1cc(N)cc(S(=O)(=O)NCCCN(C)C(C)C)c1C. The van der Waals surface area contributed by atoms with E-state index < -0.39 is 10.0 Å². The Morgan fingerprint density at radius 1 is 1.29 bits per heavy atom. The van der Waals surface area contributed by atoms with Crippen LogP contribution in [-0.4, -0.2) is 39.5 Å². The number of aryl methyl sites for hydroxylation is 1. The highest BCUT2D eigenvalue weighted by Crippen LogP contribution is 2.22. The van der Waals surface area contributed by atoms with Crippen molar-refractivity contribution >= 4 is 15.7 Å². The largest absolute Gasteiger partial charge is 0.399 e. The number of nitrogens with one attached hydrogen (secondary N) is 1. The van der Waals surface area contributed by atoms with E-state index in [1.807, 2.05) is 14.0 Å². The summed E-state index contributed by atoms with van der Waals surface area (Å²) in [4.78, 5) is 2.46. The third kappa shape index (κ3) is 4.98. The number of nitrogen functional groups attached to an aromatic ring is 1. The minimum Gasteiger partial charge on any atom is -0.399 e. The number of nitrogens with zero attached hydrogens (tertiary/aromatic N) is 1. The molecule has 0 aliphatic heterocycles. The lowest BCUT2D eigenvalue weighted by molar-refractivity contribution is 0.271. The molecule has 0 bridgehead atoms. The van der Waals surface area contributed by atoms with Gasteiger partial charge in [0.1, 0.15) is 0 Å². The molecular formula is C15H27N3O2S. The molecule has 0 heterocycles. The summed E-state index contributed by atoms with van der Waals surface area (Å²) in [5.41, 5.74) is 7.85. The van der Waals surface area contributed by atoms with E-state index in [0.717, 1.165) is 24.1 Å². The van der Waals surface area contributed by atoms with Crippen molar-refractivity contribution in [1.29, 1.82) is 0 Å². The van der Waals surface area contributed by atoms with Gasteiger partial charge in [0.05, 0.1) is 4.90 Å². The van der Waals surface area contributed by atoms with Crippen LogP contribution in [0.25, 0.3) is 0 Å². The van der Waals surface area contributed by atoms with Gasteiger partial charge in [-0.15, -0.1) is 0 Å². The molecule has 1 rings (SSSR count). The van der Waals surface area contributed by atoms with Crippen LogP contribution in [0.15, 0.2) is 17.0 Å². The number of nitrogens with two attached hydrogens (primary N) is 1. The zero-order chi connectivity index (χ0) is 16.2. The minimum absolute atomic E-state index is 0.275.